The first kappa shape index (κ1) is 11.0. The minimum Gasteiger partial charge on any atom is -0.492 e. The molecule has 1 aromatic carbocycles. The van der Waals surface area contributed by atoms with Crippen LogP contribution in [0.4, 0.5) is 0 Å². The summed E-state index contributed by atoms with van der Waals surface area (Å²) in [5.41, 5.74) is 1.83. The Balaban J connectivity index is 2.34. The topological polar surface area (TPSA) is 49.8 Å². The summed E-state index contributed by atoms with van der Waals surface area (Å²) in [6, 6.07) is 5.69. The van der Waals surface area contributed by atoms with E-state index < -0.39 is 5.97 Å². The molecular weight excluding hydrogens is 206 g/mol. The van der Waals surface area contributed by atoms with Gasteiger partial charge in [-0.3, -0.25) is 9.69 Å². The van der Waals surface area contributed by atoms with Gasteiger partial charge in [0.15, 0.2) is 0 Å². The Bertz CT molecular complexity index is 403. The van der Waals surface area contributed by atoms with Crippen molar-refractivity contribution in [3.63, 3.8) is 0 Å². The number of aliphatic carboxylic acids is 1. The minimum atomic E-state index is -0.824. The van der Waals surface area contributed by atoms with Gasteiger partial charge in [-0.1, -0.05) is 18.2 Å². The van der Waals surface area contributed by atoms with Crippen LogP contribution in [0, 0.1) is 0 Å². The molecule has 0 fully saturated rings. The number of likely N-dealkylation sites (N-methyl/N-ethyl adjacent to an activating group) is 1. The Morgan fingerprint density at radius 1 is 1.56 bits per heavy atom. The smallest absolute Gasteiger partial charge is 0.307 e. The summed E-state index contributed by atoms with van der Waals surface area (Å²) in [7, 11) is 2.03. The molecule has 0 saturated heterocycles. The van der Waals surface area contributed by atoms with Gasteiger partial charge in [0.25, 0.3) is 0 Å². The van der Waals surface area contributed by atoms with Gasteiger partial charge in [-0.15, -0.1) is 0 Å². The molecule has 0 unspecified atom stereocenters. The second-order valence-corrected chi connectivity index (χ2v) is 4.06. The van der Waals surface area contributed by atoms with Crippen molar-refractivity contribution in [3.8, 4) is 5.75 Å². The molecule has 2 rings (SSSR count). The van der Waals surface area contributed by atoms with Gasteiger partial charge in [-0.25, -0.2) is 0 Å². The number of benzene rings is 1. The molecule has 0 aliphatic carbocycles. The van der Waals surface area contributed by atoms with Crippen molar-refractivity contribution in [2.45, 2.75) is 13.0 Å². The fourth-order valence-electron chi connectivity index (χ4n) is 1.92. The quantitative estimate of drug-likeness (QED) is 0.813. The van der Waals surface area contributed by atoms with Crippen molar-refractivity contribution < 1.29 is 14.6 Å². The maximum Gasteiger partial charge on any atom is 0.307 e. The Morgan fingerprint density at radius 2 is 2.38 bits per heavy atom. The van der Waals surface area contributed by atoms with Crippen molar-refractivity contribution >= 4 is 5.97 Å². The summed E-state index contributed by atoms with van der Waals surface area (Å²) < 4.78 is 5.65. The molecule has 1 aliphatic rings. The van der Waals surface area contributed by atoms with Gasteiger partial charge in [0.2, 0.25) is 0 Å². The molecule has 0 radical (unpaired) electrons. The summed E-state index contributed by atoms with van der Waals surface area (Å²) in [5, 5.41) is 8.82. The van der Waals surface area contributed by atoms with Gasteiger partial charge in [-0.2, -0.15) is 0 Å². The van der Waals surface area contributed by atoms with Crippen LogP contribution in [0.25, 0.3) is 0 Å². The SMILES string of the molecule is CN1CCOc2c(CC(=O)O)cccc2C1. The monoisotopic (exact) mass is 221 g/mol. The fourth-order valence-corrected chi connectivity index (χ4v) is 1.92. The Morgan fingerprint density at radius 3 is 3.12 bits per heavy atom. The van der Waals surface area contributed by atoms with E-state index in [-0.39, 0.29) is 6.42 Å². The fraction of sp³-hybridized carbons (Fsp3) is 0.417. The van der Waals surface area contributed by atoms with Crippen LogP contribution >= 0.6 is 0 Å². The van der Waals surface area contributed by atoms with E-state index in [1.807, 2.05) is 25.2 Å². The molecule has 0 aromatic heterocycles. The maximum atomic E-state index is 10.7. The second-order valence-electron chi connectivity index (χ2n) is 4.06. The molecular formula is C12H15NO3. The van der Waals surface area contributed by atoms with Crippen molar-refractivity contribution in [1.82, 2.24) is 4.90 Å². The van der Waals surface area contributed by atoms with E-state index in [4.69, 9.17) is 9.84 Å². The van der Waals surface area contributed by atoms with Crippen LogP contribution in [0.5, 0.6) is 5.75 Å². The zero-order chi connectivity index (χ0) is 11.5. The molecule has 0 saturated carbocycles. The number of carboxylic acids is 1. The van der Waals surface area contributed by atoms with Crippen LogP contribution in [0.3, 0.4) is 0 Å². The number of ether oxygens (including phenoxy) is 1. The van der Waals surface area contributed by atoms with E-state index in [1.165, 1.54) is 0 Å². The van der Waals surface area contributed by atoms with E-state index in [0.717, 1.165) is 30.0 Å². The summed E-state index contributed by atoms with van der Waals surface area (Å²) >= 11 is 0. The van der Waals surface area contributed by atoms with Crippen LogP contribution in [-0.4, -0.2) is 36.2 Å². The number of carboxylic acid groups (broad SMARTS) is 1. The molecule has 0 bridgehead atoms. The van der Waals surface area contributed by atoms with E-state index in [9.17, 15) is 4.79 Å². The van der Waals surface area contributed by atoms with Crippen molar-refractivity contribution in [2.75, 3.05) is 20.2 Å². The van der Waals surface area contributed by atoms with Crippen LogP contribution in [-0.2, 0) is 17.8 Å². The first-order valence-electron chi connectivity index (χ1n) is 5.30. The molecule has 86 valence electrons. The number of para-hydroxylation sites is 1. The number of hydrogen-bond donors (Lipinski definition) is 1. The summed E-state index contributed by atoms with van der Waals surface area (Å²) in [6.07, 6.45) is 0.0207. The third-order valence-corrected chi connectivity index (χ3v) is 2.68. The third kappa shape index (κ3) is 2.33. The van der Waals surface area contributed by atoms with E-state index in [1.54, 1.807) is 0 Å². The van der Waals surface area contributed by atoms with Crippen molar-refractivity contribution in [1.29, 1.82) is 0 Å². The average Bonchev–Trinajstić information content (AvgIpc) is 2.38. The first-order chi connectivity index (χ1) is 7.66. The molecule has 1 aromatic rings. The summed E-state index contributed by atoms with van der Waals surface area (Å²) in [4.78, 5) is 12.9. The highest BCUT2D eigenvalue weighted by Gasteiger charge is 2.16. The minimum absolute atomic E-state index is 0.0207. The lowest BCUT2D eigenvalue weighted by atomic mass is 10.1. The third-order valence-electron chi connectivity index (χ3n) is 2.68. The Labute approximate surface area is 94.4 Å². The van der Waals surface area contributed by atoms with Gasteiger partial charge in [0, 0.05) is 24.2 Å². The van der Waals surface area contributed by atoms with Crippen LogP contribution in [0.15, 0.2) is 18.2 Å². The largest absolute Gasteiger partial charge is 0.492 e. The molecule has 16 heavy (non-hydrogen) atoms. The lowest BCUT2D eigenvalue weighted by molar-refractivity contribution is -0.136. The van der Waals surface area contributed by atoms with Gasteiger partial charge in [-0.05, 0) is 7.05 Å². The molecule has 4 nitrogen and oxygen atoms in total. The van der Waals surface area contributed by atoms with Crippen molar-refractivity contribution in [2.24, 2.45) is 0 Å². The molecule has 0 amide bonds. The highest BCUT2D eigenvalue weighted by atomic mass is 16.5. The highest BCUT2D eigenvalue weighted by molar-refractivity contribution is 5.71. The highest BCUT2D eigenvalue weighted by Crippen LogP contribution is 2.27. The Kier molecular flexibility index (Phi) is 3.10. The van der Waals surface area contributed by atoms with E-state index in [2.05, 4.69) is 4.90 Å². The predicted molar refractivity (Wildman–Crippen MR) is 59.6 cm³/mol. The summed E-state index contributed by atoms with van der Waals surface area (Å²) in [5.74, 6) is -0.0659. The zero-order valence-electron chi connectivity index (χ0n) is 9.27. The van der Waals surface area contributed by atoms with Gasteiger partial charge >= 0.3 is 5.97 Å². The van der Waals surface area contributed by atoms with Gasteiger partial charge < -0.3 is 9.84 Å². The molecule has 0 atom stereocenters. The first-order valence-corrected chi connectivity index (χ1v) is 5.30. The number of carbonyl (C=O) groups is 1. The van der Waals surface area contributed by atoms with E-state index >= 15 is 0 Å². The summed E-state index contributed by atoms with van der Waals surface area (Å²) in [6.45, 7) is 2.28. The molecule has 1 heterocycles. The lowest BCUT2D eigenvalue weighted by Gasteiger charge is -2.12. The molecule has 1 aliphatic heterocycles. The normalized spacial score (nSPS) is 16.1. The number of nitrogens with zero attached hydrogens (tertiary/aromatic N) is 1. The van der Waals surface area contributed by atoms with Crippen LogP contribution in [0.2, 0.25) is 0 Å². The molecule has 4 heteroatoms. The average molecular weight is 221 g/mol. The van der Waals surface area contributed by atoms with Crippen LogP contribution < -0.4 is 4.74 Å². The second kappa shape index (κ2) is 4.53. The predicted octanol–water partition coefficient (Wildman–Crippen LogP) is 1.14. The standard InChI is InChI=1S/C12H15NO3/c1-13-5-6-16-12-9(7-11(14)15)3-2-4-10(12)8-13/h2-4H,5-8H2,1H3,(H,14,15). The lowest BCUT2D eigenvalue weighted by Crippen LogP contribution is -2.20. The number of fused-ring (bicyclic) bond motifs is 1. The van der Waals surface area contributed by atoms with Gasteiger partial charge in [0.1, 0.15) is 12.4 Å². The maximum absolute atomic E-state index is 10.7. The number of rotatable bonds is 2. The van der Waals surface area contributed by atoms with Crippen LogP contribution in [0.1, 0.15) is 11.1 Å². The van der Waals surface area contributed by atoms with Crippen molar-refractivity contribution in [3.05, 3.63) is 29.3 Å². The molecule has 0 spiro atoms. The Hall–Kier alpha value is -1.55. The zero-order valence-corrected chi connectivity index (χ0v) is 9.27. The van der Waals surface area contributed by atoms with Gasteiger partial charge in [0.05, 0.1) is 6.42 Å². The number of hydrogen-bond acceptors (Lipinski definition) is 3. The van der Waals surface area contributed by atoms with E-state index in [0.29, 0.717) is 6.61 Å². The molecule has 1 N–H and O–H groups in total.